The Labute approximate surface area is 184 Å². The molecular weight excluding hydrogens is 467 g/mol. The van der Waals surface area contributed by atoms with Gasteiger partial charge in [-0.2, -0.15) is 5.10 Å². The highest BCUT2D eigenvalue weighted by Crippen LogP contribution is 2.11. The zero-order chi connectivity index (χ0) is 18.9. The lowest BCUT2D eigenvalue weighted by Crippen LogP contribution is -2.37. The van der Waals surface area contributed by atoms with Crippen LogP contribution < -0.4 is 10.6 Å². The molecule has 0 atom stereocenters. The summed E-state index contributed by atoms with van der Waals surface area (Å²) in [6.07, 6.45) is 1.81. The third-order valence-electron chi connectivity index (χ3n) is 4.62. The van der Waals surface area contributed by atoms with E-state index in [1.54, 1.807) is 6.20 Å². The molecule has 0 saturated carbocycles. The molecule has 2 aromatic rings. The van der Waals surface area contributed by atoms with Crippen molar-refractivity contribution >= 4 is 29.9 Å². The predicted octanol–water partition coefficient (Wildman–Crippen LogP) is 2.13. The van der Waals surface area contributed by atoms with Gasteiger partial charge in [0.15, 0.2) is 5.96 Å². The zero-order valence-electron chi connectivity index (χ0n) is 16.7. The van der Waals surface area contributed by atoms with E-state index in [0.717, 1.165) is 51.0 Å². The van der Waals surface area contributed by atoms with Crippen LogP contribution in [0.5, 0.6) is 0 Å². The molecule has 0 bridgehead atoms. The Hall–Kier alpha value is -1.65. The molecule has 1 saturated heterocycles. The first-order valence-corrected chi connectivity index (χ1v) is 9.61. The number of aromatic nitrogens is 2. The van der Waals surface area contributed by atoms with Gasteiger partial charge in [-0.05, 0) is 24.1 Å². The SMILES string of the molecule is CCNC(=NCc1cccc(CN2CCOCC2)c1)NCc1ccnn1C.I. The molecule has 2 heterocycles. The lowest BCUT2D eigenvalue weighted by atomic mass is 10.1. The number of halogens is 1. The lowest BCUT2D eigenvalue weighted by molar-refractivity contribution is 0.0342. The summed E-state index contributed by atoms with van der Waals surface area (Å²) in [5.74, 6) is 0.817. The number of hydrogen-bond acceptors (Lipinski definition) is 4. The normalized spacial score (nSPS) is 15.1. The molecule has 2 N–H and O–H groups in total. The maximum atomic E-state index is 5.43. The largest absolute Gasteiger partial charge is 0.379 e. The molecule has 0 radical (unpaired) electrons. The third kappa shape index (κ3) is 7.06. The molecule has 0 aliphatic carbocycles. The topological polar surface area (TPSA) is 66.7 Å². The number of hydrogen-bond donors (Lipinski definition) is 2. The first kappa shape index (κ1) is 22.6. The van der Waals surface area contributed by atoms with E-state index in [1.165, 1.54) is 11.1 Å². The maximum Gasteiger partial charge on any atom is 0.191 e. The molecule has 0 spiro atoms. The Kier molecular flexibility index (Phi) is 9.72. The summed E-state index contributed by atoms with van der Waals surface area (Å²) in [5.41, 5.74) is 3.67. The number of aryl methyl sites for hydroxylation is 1. The summed E-state index contributed by atoms with van der Waals surface area (Å²) in [6.45, 7) is 8.89. The second-order valence-corrected chi connectivity index (χ2v) is 6.70. The molecule has 1 aliphatic heterocycles. The molecule has 1 aromatic heterocycles. The van der Waals surface area contributed by atoms with E-state index in [9.17, 15) is 0 Å². The van der Waals surface area contributed by atoms with Crippen LogP contribution in [0, 0.1) is 0 Å². The molecule has 7 nitrogen and oxygen atoms in total. The van der Waals surface area contributed by atoms with Gasteiger partial charge in [-0.1, -0.05) is 24.3 Å². The number of rotatable bonds is 7. The lowest BCUT2D eigenvalue weighted by Gasteiger charge is -2.26. The van der Waals surface area contributed by atoms with Gasteiger partial charge in [-0.3, -0.25) is 9.58 Å². The molecule has 0 amide bonds. The summed E-state index contributed by atoms with van der Waals surface area (Å²) in [5, 5.41) is 10.9. The molecule has 3 rings (SSSR count). The first-order valence-electron chi connectivity index (χ1n) is 9.61. The van der Waals surface area contributed by atoms with E-state index in [1.807, 2.05) is 17.8 Å². The second-order valence-electron chi connectivity index (χ2n) is 6.70. The predicted molar refractivity (Wildman–Crippen MR) is 123 cm³/mol. The van der Waals surface area contributed by atoms with Gasteiger partial charge in [-0.25, -0.2) is 4.99 Å². The monoisotopic (exact) mass is 498 g/mol. The summed E-state index contributed by atoms with van der Waals surface area (Å²) in [6, 6.07) is 10.7. The van der Waals surface area contributed by atoms with E-state index < -0.39 is 0 Å². The van der Waals surface area contributed by atoms with E-state index in [0.29, 0.717) is 13.1 Å². The number of guanidine groups is 1. The molecule has 1 fully saturated rings. The smallest absolute Gasteiger partial charge is 0.191 e. The Bertz CT molecular complexity index is 742. The van der Waals surface area contributed by atoms with Crippen molar-refractivity contribution in [3.63, 3.8) is 0 Å². The van der Waals surface area contributed by atoms with Gasteiger partial charge in [-0.15, -0.1) is 24.0 Å². The van der Waals surface area contributed by atoms with Crippen LogP contribution in [0.1, 0.15) is 23.7 Å². The summed E-state index contributed by atoms with van der Waals surface area (Å²) < 4.78 is 7.29. The number of nitrogens with zero attached hydrogens (tertiary/aromatic N) is 4. The number of benzene rings is 1. The summed E-state index contributed by atoms with van der Waals surface area (Å²) in [7, 11) is 1.95. The van der Waals surface area contributed by atoms with E-state index in [2.05, 4.69) is 51.8 Å². The Morgan fingerprint density at radius 3 is 2.68 bits per heavy atom. The zero-order valence-corrected chi connectivity index (χ0v) is 19.1. The van der Waals surface area contributed by atoms with Crippen molar-refractivity contribution < 1.29 is 4.74 Å². The average Bonchev–Trinajstić information content (AvgIpc) is 3.10. The maximum absolute atomic E-state index is 5.43. The molecule has 154 valence electrons. The highest BCUT2D eigenvalue weighted by molar-refractivity contribution is 14.0. The van der Waals surface area contributed by atoms with E-state index in [4.69, 9.17) is 9.73 Å². The van der Waals surface area contributed by atoms with E-state index in [-0.39, 0.29) is 24.0 Å². The van der Waals surface area contributed by atoms with Crippen molar-refractivity contribution in [1.82, 2.24) is 25.3 Å². The fourth-order valence-electron chi connectivity index (χ4n) is 3.10. The first-order chi connectivity index (χ1) is 13.2. The van der Waals surface area contributed by atoms with Gasteiger partial charge in [0.2, 0.25) is 0 Å². The van der Waals surface area contributed by atoms with Gasteiger partial charge >= 0.3 is 0 Å². The van der Waals surface area contributed by atoms with Gasteiger partial charge in [0.05, 0.1) is 32.0 Å². The fraction of sp³-hybridized carbons (Fsp3) is 0.500. The second kappa shape index (κ2) is 12.0. The molecule has 1 aromatic carbocycles. The van der Waals surface area contributed by atoms with Crippen LogP contribution in [0.2, 0.25) is 0 Å². The van der Waals surface area contributed by atoms with Crippen LogP contribution in [-0.2, 0) is 31.4 Å². The van der Waals surface area contributed by atoms with Gasteiger partial charge in [0.25, 0.3) is 0 Å². The quantitative estimate of drug-likeness (QED) is 0.348. The minimum atomic E-state index is 0. The summed E-state index contributed by atoms with van der Waals surface area (Å²) in [4.78, 5) is 7.17. The Balaban J connectivity index is 0.00000280. The van der Waals surface area contributed by atoms with Crippen LogP contribution in [0.25, 0.3) is 0 Å². The minimum Gasteiger partial charge on any atom is -0.379 e. The van der Waals surface area contributed by atoms with Crippen molar-refractivity contribution in [2.45, 2.75) is 26.6 Å². The van der Waals surface area contributed by atoms with Crippen LogP contribution in [0.4, 0.5) is 0 Å². The fourth-order valence-corrected chi connectivity index (χ4v) is 3.10. The van der Waals surface area contributed by atoms with Crippen molar-refractivity contribution in [3.05, 3.63) is 53.3 Å². The highest BCUT2D eigenvalue weighted by atomic mass is 127. The van der Waals surface area contributed by atoms with E-state index >= 15 is 0 Å². The summed E-state index contributed by atoms with van der Waals surface area (Å²) >= 11 is 0. The number of nitrogens with one attached hydrogen (secondary N) is 2. The highest BCUT2D eigenvalue weighted by Gasteiger charge is 2.10. The van der Waals surface area contributed by atoms with Gasteiger partial charge < -0.3 is 15.4 Å². The number of ether oxygens (including phenoxy) is 1. The minimum absolute atomic E-state index is 0. The van der Waals surface area contributed by atoms with Crippen molar-refractivity contribution in [3.8, 4) is 0 Å². The van der Waals surface area contributed by atoms with Crippen LogP contribution in [0.15, 0.2) is 41.5 Å². The number of aliphatic imine (C=N–C) groups is 1. The third-order valence-corrected chi connectivity index (χ3v) is 4.62. The van der Waals surface area contributed by atoms with Crippen molar-refractivity contribution in [2.24, 2.45) is 12.0 Å². The van der Waals surface area contributed by atoms with Gasteiger partial charge in [0.1, 0.15) is 0 Å². The van der Waals surface area contributed by atoms with Crippen LogP contribution in [-0.4, -0.2) is 53.5 Å². The van der Waals surface area contributed by atoms with Crippen molar-refractivity contribution in [2.75, 3.05) is 32.8 Å². The molecule has 1 aliphatic rings. The standard InChI is InChI=1S/C20H30N6O.HI/c1-3-21-20(23-15-19-7-8-24-25(19)2)22-14-17-5-4-6-18(13-17)16-26-9-11-27-12-10-26;/h4-8,13H,3,9-12,14-16H2,1-2H3,(H2,21,22,23);1H. The average molecular weight is 498 g/mol. The Morgan fingerprint density at radius 1 is 1.18 bits per heavy atom. The Morgan fingerprint density at radius 2 is 1.96 bits per heavy atom. The van der Waals surface area contributed by atoms with Gasteiger partial charge in [0, 0.05) is 39.4 Å². The molecule has 28 heavy (non-hydrogen) atoms. The van der Waals surface area contributed by atoms with Crippen molar-refractivity contribution in [1.29, 1.82) is 0 Å². The van der Waals surface area contributed by atoms with Crippen LogP contribution >= 0.6 is 24.0 Å². The molecule has 8 heteroatoms. The van der Waals surface area contributed by atoms with Crippen LogP contribution in [0.3, 0.4) is 0 Å². The molecule has 0 unspecified atom stereocenters. The molecular formula is C20H31IN6O. The number of morpholine rings is 1.